The van der Waals surface area contributed by atoms with Crippen LogP contribution in [-0.2, 0) is 4.79 Å². The summed E-state index contributed by atoms with van der Waals surface area (Å²) in [4.78, 5) is 23.1. The van der Waals surface area contributed by atoms with Crippen LogP contribution in [0.25, 0.3) is 0 Å². The molecule has 0 saturated carbocycles. The molecule has 0 bridgehead atoms. The van der Waals surface area contributed by atoms with E-state index in [9.17, 15) is 14.9 Å². The third-order valence-electron chi connectivity index (χ3n) is 4.56. The number of anilines is 1. The number of hydrogen-bond acceptors (Lipinski definition) is 3. The second-order valence-corrected chi connectivity index (χ2v) is 7.14. The number of nitro groups is 1. The van der Waals surface area contributed by atoms with Crippen molar-refractivity contribution in [1.29, 1.82) is 0 Å². The number of halogens is 1. The topological polar surface area (TPSA) is 88.8 Å². The highest BCUT2D eigenvalue weighted by molar-refractivity contribution is 6.31. The largest absolute Gasteiger partial charge is 0.328 e. The molecule has 7 heteroatoms. The van der Waals surface area contributed by atoms with E-state index in [1.54, 1.807) is 0 Å². The molecule has 29 heavy (non-hydrogen) atoms. The summed E-state index contributed by atoms with van der Waals surface area (Å²) in [6.07, 6.45) is 0. The smallest absolute Gasteiger partial charge is 0.292 e. The van der Waals surface area contributed by atoms with E-state index in [1.165, 1.54) is 18.2 Å². The van der Waals surface area contributed by atoms with Crippen LogP contribution in [-0.4, -0.2) is 17.4 Å². The Morgan fingerprint density at radius 3 is 2.38 bits per heavy atom. The van der Waals surface area contributed by atoms with Gasteiger partial charge in [-0.05, 0) is 19.1 Å². The minimum Gasteiger partial charge on any atom is -0.328 e. The molecule has 1 amide bonds. The average molecular weight is 411 g/mol. The van der Waals surface area contributed by atoms with E-state index in [1.807, 2.05) is 66.8 Å². The molecule has 0 unspecified atom stereocenters. The van der Waals surface area contributed by atoms with Crippen LogP contribution in [0.4, 0.5) is 11.4 Å². The van der Waals surface area contributed by atoms with Gasteiger partial charge in [0.2, 0.25) is 0 Å². The van der Waals surface area contributed by atoms with Crippen LogP contribution >= 0.6 is 11.6 Å². The third kappa shape index (κ3) is 5.40. The number of nitrogens with two attached hydrogens (primary N) is 1. The third-order valence-corrected chi connectivity index (χ3v) is 4.80. The molecule has 6 nitrogen and oxygen atoms in total. The van der Waals surface area contributed by atoms with Crippen LogP contribution in [0.2, 0.25) is 5.02 Å². The van der Waals surface area contributed by atoms with E-state index in [-0.39, 0.29) is 29.9 Å². The van der Waals surface area contributed by atoms with Crippen molar-refractivity contribution >= 4 is 28.9 Å². The van der Waals surface area contributed by atoms with Crippen molar-refractivity contribution in [2.75, 3.05) is 11.9 Å². The van der Waals surface area contributed by atoms with Gasteiger partial charge in [-0.3, -0.25) is 14.9 Å². The highest BCUT2D eigenvalue weighted by Crippen LogP contribution is 2.27. The van der Waals surface area contributed by atoms with Crippen molar-refractivity contribution in [3.05, 3.63) is 105 Å². The lowest BCUT2D eigenvalue weighted by Crippen LogP contribution is -2.87. The minimum absolute atomic E-state index is 0.0723. The zero-order valence-corrected chi connectivity index (χ0v) is 16.6. The molecule has 148 valence electrons. The molecule has 0 aliphatic carbocycles. The van der Waals surface area contributed by atoms with Crippen LogP contribution in [0.5, 0.6) is 0 Å². The van der Waals surface area contributed by atoms with Gasteiger partial charge < -0.3 is 10.6 Å². The van der Waals surface area contributed by atoms with Gasteiger partial charge in [0.15, 0.2) is 6.54 Å². The first-order chi connectivity index (χ1) is 13.9. The van der Waals surface area contributed by atoms with E-state index in [4.69, 9.17) is 11.6 Å². The number of benzene rings is 3. The maximum atomic E-state index is 12.5. The van der Waals surface area contributed by atoms with Gasteiger partial charge in [-0.1, -0.05) is 71.8 Å². The first kappa shape index (κ1) is 20.5. The van der Waals surface area contributed by atoms with Crippen molar-refractivity contribution < 1.29 is 15.0 Å². The Kier molecular flexibility index (Phi) is 6.59. The van der Waals surface area contributed by atoms with Gasteiger partial charge in [0.25, 0.3) is 11.6 Å². The number of carbonyl (C=O) groups is 1. The fourth-order valence-electron chi connectivity index (χ4n) is 3.09. The Morgan fingerprint density at radius 1 is 1.07 bits per heavy atom. The Morgan fingerprint density at radius 2 is 1.72 bits per heavy atom. The Bertz CT molecular complexity index is 1010. The molecule has 0 aliphatic rings. The number of amides is 1. The van der Waals surface area contributed by atoms with Gasteiger partial charge in [0, 0.05) is 22.2 Å². The zero-order valence-electron chi connectivity index (χ0n) is 15.8. The number of aryl methyl sites for hydroxylation is 1. The molecular formula is C22H21ClN3O3+. The van der Waals surface area contributed by atoms with Gasteiger partial charge in [0.1, 0.15) is 11.7 Å². The van der Waals surface area contributed by atoms with Gasteiger partial charge in [-0.2, -0.15) is 0 Å². The van der Waals surface area contributed by atoms with Crippen molar-refractivity contribution in [2.24, 2.45) is 0 Å². The lowest BCUT2D eigenvalue weighted by atomic mass is 9.98. The van der Waals surface area contributed by atoms with E-state index in [0.29, 0.717) is 5.02 Å². The first-order valence-electron chi connectivity index (χ1n) is 9.12. The van der Waals surface area contributed by atoms with Crippen molar-refractivity contribution in [3.8, 4) is 0 Å². The molecule has 3 aromatic carbocycles. The molecule has 3 rings (SSSR count). The summed E-state index contributed by atoms with van der Waals surface area (Å²) in [5.74, 6) is -0.344. The summed E-state index contributed by atoms with van der Waals surface area (Å²) < 4.78 is 0. The second kappa shape index (κ2) is 9.32. The highest BCUT2D eigenvalue weighted by atomic mass is 35.5. The number of nitrogens with one attached hydrogen (secondary N) is 1. The molecule has 1 atom stereocenters. The molecule has 3 aromatic rings. The molecule has 0 heterocycles. The quantitative estimate of drug-likeness (QED) is 0.458. The van der Waals surface area contributed by atoms with Crippen LogP contribution in [0.3, 0.4) is 0 Å². The van der Waals surface area contributed by atoms with E-state index < -0.39 is 4.92 Å². The Balaban J connectivity index is 1.76. The number of rotatable bonds is 7. The van der Waals surface area contributed by atoms with Crippen LogP contribution in [0.15, 0.2) is 72.8 Å². The normalized spacial score (nSPS) is 11.7. The van der Waals surface area contributed by atoms with Crippen molar-refractivity contribution in [1.82, 2.24) is 0 Å². The van der Waals surface area contributed by atoms with Crippen LogP contribution in [0.1, 0.15) is 22.7 Å². The van der Waals surface area contributed by atoms with Crippen LogP contribution < -0.4 is 10.6 Å². The minimum atomic E-state index is -0.547. The zero-order chi connectivity index (χ0) is 20.8. The Hall–Kier alpha value is -3.22. The highest BCUT2D eigenvalue weighted by Gasteiger charge is 2.21. The van der Waals surface area contributed by atoms with Gasteiger partial charge in [0.05, 0.1) is 4.92 Å². The summed E-state index contributed by atoms with van der Waals surface area (Å²) in [5.41, 5.74) is 3.20. The molecule has 0 aromatic heterocycles. The standard InChI is InChI=1S/C22H20ClN3O3/c1-15-7-9-17(10-8-15)22(16-5-3-2-4-6-16)24-14-21(27)25-19-13-18(23)11-12-20(19)26(28)29/h2-13,22,24H,14H2,1H3,(H,25,27)/p+1/t22-/m1/s1. The summed E-state index contributed by atoms with van der Waals surface area (Å²) in [5, 5.41) is 16.0. The summed E-state index contributed by atoms with van der Waals surface area (Å²) >= 11 is 5.92. The maximum Gasteiger partial charge on any atom is 0.292 e. The fraction of sp³-hybridized carbons (Fsp3) is 0.136. The lowest BCUT2D eigenvalue weighted by Gasteiger charge is -2.17. The number of hydrogen-bond donors (Lipinski definition) is 2. The molecule has 0 aliphatic heterocycles. The Labute approximate surface area is 173 Å². The second-order valence-electron chi connectivity index (χ2n) is 6.71. The fourth-order valence-corrected chi connectivity index (χ4v) is 3.26. The van der Waals surface area contributed by atoms with Gasteiger partial charge >= 0.3 is 0 Å². The molecule has 0 radical (unpaired) electrons. The molecule has 0 saturated heterocycles. The first-order valence-corrected chi connectivity index (χ1v) is 9.50. The number of quaternary nitrogens is 1. The summed E-state index contributed by atoms with van der Waals surface area (Å²) in [6.45, 7) is 2.12. The van der Waals surface area contributed by atoms with Gasteiger partial charge in [-0.15, -0.1) is 0 Å². The molecule has 3 N–H and O–H groups in total. The van der Waals surface area contributed by atoms with E-state index in [0.717, 1.165) is 16.7 Å². The predicted molar refractivity (Wildman–Crippen MR) is 113 cm³/mol. The van der Waals surface area contributed by atoms with E-state index >= 15 is 0 Å². The van der Waals surface area contributed by atoms with Gasteiger partial charge in [-0.25, -0.2) is 0 Å². The average Bonchev–Trinajstić information content (AvgIpc) is 2.70. The number of nitro benzene ring substituents is 1. The van der Waals surface area contributed by atoms with Crippen molar-refractivity contribution in [2.45, 2.75) is 13.0 Å². The van der Waals surface area contributed by atoms with Crippen LogP contribution in [0, 0.1) is 17.0 Å². The summed E-state index contributed by atoms with van der Waals surface area (Å²) in [7, 11) is 0. The maximum absolute atomic E-state index is 12.5. The number of nitrogens with zero attached hydrogens (tertiary/aromatic N) is 1. The summed E-state index contributed by atoms with van der Waals surface area (Å²) in [6, 6.07) is 22.1. The van der Waals surface area contributed by atoms with Crippen molar-refractivity contribution in [3.63, 3.8) is 0 Å². The molecule has 0 fully saturated rings. The monoisotopic (exact) mass is 410 g/mol. The molecule has 0 spiro atoms. The SMILES string of the molecule is Cc1ccc([C@H]([NH2+]CC(=O)Nc2cc(Cl)ccc2[N+](=O)[O-])c2ccccc2)cc1. The molecular weight excluding hydrogens is 390 g/mol. The van der Waals surface area contributed by atoms with E-state index in [2.05, 4.69) is 5.32 Å². The predicted octanol–water partition coefficient (Wildman–Crippen LogP) is 3.85. The lowest BCUT2D eigenvalue weighted by molar-refractivity contribution is -0.676. The number of carbonyl (C=O) groups excluding carboxylic acids is 1.